The van der Waals surface area contributed by atoms with Crippen LogP contribution in [0, 0.1) is 0 Å². The summed E-state index contributed by atoms with van der Waals surface area (Å²) in [6, 6.07) is 0. The molecule has 5 heteroatoms. The summed E-state index contributed by atoms with van der Waals surface area (Å²) in [4.78, 5) is 3.61. The third-order valence-corrected chi connectivity index (χ3v) is 6.21. The molecule has 102 valence electrons. The second kappa shape index (κ2) is 6.85. The molecule has 1 fully saturated rings. The highest BCUT2D eigenvalue weighted by Crippen LogP contribution is 2.33. The molecule has 0 unspecified atom stereocenters. The molecule has 0 aromatic carbocycles. The zero-order valence-corrected chi connectivity index (χ0v) is 12.7. The van der Waals surface area contributed by atoms with Crippen molar-refractivity contribution >= 4 is 8.97 Å². The lowest BCUT2D eigenvalue weighted by Gasteiger charge is -2.42. The second-order valence-electron chi connectivity index (χ2n) is 4.88. The summed E-state index contributed by atoms with van der Waals surface area (Å²) >= 11 is 0. The maximum atomic E-state index is 5.49. The zero-order chi connectivity index (χ0) is 12.8. The third kappa shape index (κ3) is 3.76. The molecule has 0 radical (unpaired) electrons. The molecule has 0 bridgehead atoms. The van der Waals surface area contributed by atoms with Gasteiger partial charge in [0.25, 0.3) is 0 Å². The third-order valence-electron chi connectivity index (χ3n) is 3.76. The van der Waals surface area contributed by atoms with Crippen LogP contribution in [0.3, 0.4) is 0 Å². The van der Waals surface area contributed by atoms with Gasteiger partial charge in [0.05, 0.1) is 0 Å². The van der Waals surface area contributed by atoms with E-state index >= 15 is 0 Å². The van der Waals surface area contributed by atoms with Crippen LogP contribution in [0.15, 0.2) is 0 Å². The minimum absolute atomic E-state index is 0.154. The summed E-state index contributed by atoms with van der Waals surface area (Å²) in [5.41, 5.74) is 0.154. The highest BCUT2D eigenvalue weighted by molar-refractivity contribution is 6.57. The Hall–Kier alpha value is 0.0569. The lowest BCUT2D eigenvalue weighted by molar-refractivity contribution is 0.0831. The lowest BCUT2D eigenvalue weighted by atomic mass is 9.79. The van der Waals surface area contributed by atoms with Gasteiger partial charge in [-0.05, 0) is 19.3 Å². The molecule has 0 aromatic rings. The van der Waals surface area contributed by atoms with Gasteiger partial charge in [-0.25, -0.2) is 0 Å². The monoisotopic (exact) mass is 261 g/mol. The molecule has 1 N–H and O–H groups in total. The summed E-state index contributed by atoms with van der Waals surface area (Å²) in [6.07, 6.45) is 8.65. The SMILES string of the molecule is CCCC1(N[Si](OC)(OC)OC)CCCCC1. The minimum atomic E-state index is -2.66. The summed E-state index contributed by atoms with van der Waals surface area (Å²) in [5.74, 6) is 0. The van der Waals surface area contributed by atoms with Crippen molar-refractivity contribution in [2.45, 2.75) is 57.4 Å². The van der Waals surface area contributed by atoms with Crippen molar-refractivity contribution in [1.29, 1.82) is 0 Å². The summed E-state index contributed by atoms with van der Waals surface area (Å²) in [7, 11) is 2.32. The van der Waals surface area contributed by atoms with E-state index in [0.717, 1.165) is 6.42 Å². The zero-order valence-electron chi connectivity index (χ0n) is 11.7. The van der Waals surface area contributed by atoms with E-state index in [1.165, 1.54) is 38.5 Å². The Morgan fingerprint density at radius 3 is 1.94 bits per heavy atom. The minimum Gasteiger partial charge on any atom is -0.364 e. The predicted molar refractivity (Wildman–Crippen MR) is 70.6 cm³/mol. The van der Waals surface area contributed by atoms with Crippen molar-refractivity contribution in [2.75, 3.05) is 21.3 Å². The molecule has 17 heavy (non-hydrogen) atoms. The van der Waals surface area contributed by atoms with Gasteiger partial charge in [0.2, 0.25) is 0 Å². The Kier molecular flexibility index (Phi) is 6.09. The average Bonchev–Trinajstić information content (AvgIpc) is 2.38. The summed E-state index contributed by atoms with van der Waals surface area (Å²) in [5, 5.41) is 0. The second-order valence-corrected chi connectivity index (χ2v) is 7.47. The van der Waals surface area contributed by atoms with Crippen LogP contribution in [0.25, 0.3) is 0 Å². The molecule has 0 spiro atoms. The molecule has 0 amide bonds. The molecule has 4 nitrogen and oxygen atoms in total. The van der Waals surface area contributed by atoms with Gasteiger partial charge in [-0.2, -0.15) is 0 Å². The highest BCUT2D eigenvalue weighted by Gasteiger charge is 2.47. The van der Waals surface area contributed by atoms with E-state index < -0.39 is 8.97 Å². The van der Waals surface area contributed by atoms with Crippen LogP contribution in [-0.2, 0) is 13.3 Å². The maximum absolute atomic E-state index is 5.49. The van der Waals surface area contributed by atoms with Crippen LogP contribution in [0.4, 0.5) is 0 Å². The van der Waals surface area contributed by atoms with Crippen LogP contribution in [-0.4, -0.2) is 35.8 Å². The van der Waals surface area contributed by atoms with Gasteiger partial charge in [-0.3, -0.25) is 4.98 Å². The van der Waals surface area contributed by atoms with E-state index in [4.69, 9.17) is 13.3 Å². The van der Waals surface area contributed by atoms with Crippen molar-refractivity contribution in [3.8, 4) is 0 Å². The Morgan fingerprint density at radius 1 is 1.00 bits per heavy atom. The topological polar surface area (TPSA) is 39.7 Å². The van der Waals surface area contributed by atoms with E-state index in [-0.39, 0.29) is 5.54 Å². The lowest BCUT2D eigenvalue weighted by Crippen LogP contribution is -2.66. The van der Waals surface area contributed by atoms with Crippen LogP contribution in [0.1, 0.15) is 51.9 Å². The Balaban J connectivity index is 2.76. The predicted octanol–water partition coefficient (Wildman–Crippen LogP) is 2.45. The Labute approximate surface area is 106 Å². The van der Waals surface area contributed by atoms with Crippen molar-refractivity contribution in [3.63, 3.8) is 0 Å². The van der Waals surface area contributed by atoms with Crippen LogP contribution >= 0.6 is 0 Å². The van der Waals surface area contributed by atoms with E-state index in [9.17, 15) is 0 Å². The molecule has 0 aromatic heterocycles. The smallest absolute Gasteiger partial charge is 0.364 e. The molecule has 1 saturated carbocycles. The molecular weight excluding hydrogens is 234 g/mol. The van der Waals surface area contributed by atoms with E-state index in [0.29, 0.717) is 0 Å². The van der Waals surface area contributed by atoms with E-state index in [1.807, 2.05) is 0 Å². The van der Waals surface area contributed by atoms with Gasteiger partial charge in [-0.1, -0.05) is 32.6 Å². The van der Waals surface area contributed by atoms with Crippen LogP contribution in [0.5, 0.6) is 0 Å². The van der Waals surface area contributed by atoms with Crippen molar-refractivity contribution in [3.05, 3.63) is 0 Å². The molecule has 0 saturated heterocycles. The first kappa shape index (κ1) is 15.1. The number of nitrogens with one attached hydrogen (secondary N) is 1. The fraction of sp³-hybridized carbons (Fsp3) is 1.00. The van der Waals surface area contributed by atoms with E-state index in [1.54, 1.807) is 21.3 Å². The van der Waals surface area contributed by atoms with Crippen molar-refractivity contribution in [2.24, 2.45) is 0 Å². The van der Waals surface area contributed by atoms with E-state index in [2.05, 4.69) is 11.9 Å². The number of hydrogen-bond acceptors (Lipinski definition) is 4. The summed E-state index contributed by atoms with van der Waals surface area (Å²) < 4.78 is 16.5. The van der Waals surface area contributed by atoms with Gasteiger partial charge < -0.3 is 13.3 Å². The van der Waals surface area contributed by atoms with Crippen molar-refractivity contribution < 1.29 is 13.3 Å². The van der Waals surface area contributed by atoms with Gasteiger partial charge in [0.15, 0.2) is 0 Å². The first-order valence-corrected chi connectivity index (χ1v) is 8.33. The fourth-order valence-electron chi connectivity index (χ4n) is 2.87. The summed E-state index contributed by atoms with van der Waals surface area (Å²) in [6.45, 7) is 2.23. The first-order chi connectivity index (χ1) is 8.16. The molecule has 0 heterocycles. The van der Waals surface area contributed by atoms with Crippen LogP contribution < -0.4 is 4.98 Å². The van der Waals surface area contributed by atoms with Crippen molar-refractivity contribution in [1.82, 2.24) is 4.98 Å². The molecular formula is C12H27NO3Si. The quantitative estimate of drug-likeness (QED) is 0.715. The standard InChI is InChI=1S/C12H27NO3Si/c1-5-9-12(10-7-6-8-11-12)13-17(14-2,15-3)16-4/h13H,5-11H2,1-4H3. The largest absolute Gasteiger partial charge is 0.596 e. The first-order valence-electron chi connectivity index (χ1n) is 6.60. The van der Waals surface area contributed by atoms with Gasteiger partial charge in [0, 0.05) is 26.9 Å². The highest BCUT2D eigenvalue weighted by atomic mass is 28.4. The van der Waals surface area contributed by atoms with Gasteiger partial charge in [-0.15, -0.1) is 0 Å². The Morgan fingerprint density at radius 2 is 1.53 bits per heavy atom. The molecule has 1 rings (SSSR count). The van der Waals surface area contributed by atoms with Gasteiger partial charge in [0.1, 0.15) is 0 Å². The van der Waals surface area contributed by atoms with Gasteiger partial charge >= 0.3 is 8.97 Å². The molecule has 1 aliphatic carbocycles. The van der Waals surface area contributed by atoms with Crippen LogP contribution in [0.2, 0.25) is 0 Å². The fourth-order valence-corrected chi connectivity index (χ4v) is 4.70. The molecule has 0 aliphatic heterocycles. The number of hydrogen-bond donors (Lipinski definition) is 1. The molecule has 0 atom stereocenters. The average molecular weight is 261 g/mol. The molecule has 1 aliphatic rings. The normalized spacial score (nSPS) is 20.5. The Bertz CT molecular complexity index is 202. The maximum Gasteiger partial charge on any atom is 0.596 e. The number of rotatable bonds is 7.